The maximum Gasteiger partial charge on any atom is 0.268 e. The second-order valence-electron chi connectivity index (χ2n) is 28.4. The summed E-state index contributed by atoms with van der Waals surface area (Å²) in [6.45, 7) is 4.59. The lowest BCUT2D eigenvalue weighted by Crippen LogP contribution is -2.45. The van der Waals surface area contributed by atoms with E-state index in [4.69, 9.17) is 9.05 Å². The third-order valence-electron chi connectivity index (χ3n) is 18.2. The molecule has 0 aliphatic rings. The SMILES string of the molecule is CC/C=C\C/C=C\C/C=C\C/C=C\C/C=C\CCCCCCCCCCCCCCCCCCCCCCCC(=O)NC(COP(=O)([O-])OCC[N+](C)(C)C)C(O)/C=C/CCCCCCCCCCCCCCCCCCCCCCCCCCCCCCCC. The van der Waals surface area contributed by atoms with Crippen LogP contribution in [0.1, 0.15) is 393 Å². The van der Waals surface area contributed by atoms with Crippen LogP contribution in [0.5, 0.6) is 0 Å². The van der Waals surface area contributed by atoms with Crippen molar-refractivity contribution in [2.24, 2.45) is 0 Å². The number of quaternary nitrogens is 1. The number of phosphoric ester groups is 1. The van der Waals surface area contributed by atoms with Crippen molar-refractivity contribution in [2.45, 2.75) is 405 Å². The van der Waals surface area contributed by atoms with Crippen molar-refractivity contribution < 1.29 is 32.9 Å². The lowest BCUT2D eigenvalue weighted by atomic mass is 10.0. The Morgan fingerprint density at radius 3 is 0.978 bits per heavy atom. The summed E-state index contributed by atoms with van der Waals surface area (Å²) in [5, 5.41) is 14.0. The Bertz CT molecular complexity index is 1720. The monoisotopic (exact) mass is 1300 g/mol. The van der Waals surface area contributed by atoms with E-state index in [1.165, 1.54) is 302 Å². The lowest BCUT2D eigenvalue weighted by molar-refractivity contribution is -0.870. The minimum Gasteiger partial charge on any atom is -0.756 e. The average molecular weight is 1300 g/mol. The van der Waals surface area contributed by atoms with E-state index < -0.39 is 20.0 Å². The number of aliphatic hydroxyl groups is 1. The molecule has 0 aromatic rings. The van der Waals surface area contributed by atoms with Gasteiger partial charge >= 0.3 is 0 Å². The minimum atomic E-state index is -4.61. The first-order valence-electron chi connectivity index (χ1n) is 39.8. The Kier molecular flexibility index (Phi) is 70.6. The number of hydrogen-bond acceptors (Lipinski definition) is 6. The second kappa shape index (κ2) is 72.2. The van der Waals surface area contributed by atoms with Gasteiger partial charge in [-0.15, -0.1) is 0 Å². The predicted molar refractivity (Wildman–Crippen MR) is 399 cm³/mol. The summed E-state index contributed by atoms with van der Waals surface area (Å²) in [5.41, 5.74) is 0. The normalized spacial score (nSPS) is 13.9. The molecule has 3 atom stereocenters. The Morgan fingerprint density at radius 2 is 0.670 bits per heavy atom. The Morgan fingerprint density at radius 1 is 0.396 bits per heavy atom. The van der Waals surface area contributed by atoms with Crippen molar-refractivity contribution in [1.82, 2.24) is 5.32 Å². The summed E-state index contributed by atoms with van der Waals surface area (Å²) >= 11 is 0. The number of hydrogen-bond donors (Lipinski definition) is 2. The molecule has 0 heterocycles. The molecule has 0 spiro atoms. The number of unbranched alkanes of at least 4 members (excludes halogenated alkanes) is 51. The van der Waals surface area contributed by atoms with Gasteiger partial charge in [-0.1, -0.05) is 395 Å². The van der Waals surface area contributed by atoms with Crippen molar-refractivity contribution in [3.63, 3.8) is 0 Å². The van der Waals surface area contributed by atoms with Crippen LogP contribution in [0, 0.1) is 0 Å². The molecule has 534 valence electrons. The predicted octanol–water partition coefficient (Wildman–Crippen LogP) is 25.4. The minimum absolute atomic E-state index is 0.000296. The number of allylic oxidation sites excluding steroid dienone is 11. The summed E-state index contributed by atoms with van der Waals surface area (Å²) in [6.07, 6.45) is 102. The number of carbonyl (C=O) groups excluding carboxylic acids is 1. The zero-order valence-corrected chi connectivity index (χ0v) is 62.2. The van der Waals surface area contributed by atoms with Gasteiger partial charge in [0.05, 0.1) is 39.9 Å². The zero-order valence-electron chi connectivity index (χ0n) is 61.3. The van der Waals surface area contributed by atoms with Gasteiger partial charge in [0.2, 0.25) is 5.91 Å². The second-order valence-corrected chi connectivity index (χ2v) is 29.8. The van der Waals surface area contributed by atoms with E-state index in [0.29, 0.717) is 17.4 Å². The number of likely N-dealkylation sites (N-methyl/N-ethyl adjacent to an activating group) is 1. The lowest BCUT2D eigenvalue weighted by Gasteiger charge is -2.29. The maximum atomic E-state index is 13.1. The van der Waals surface area contributed by atoms with Gasteiger partial charge in [-0.3, -0.25) is 9.36 Å². The van der Waals surface area contributed by atoms with Crippen molar-refractivity contribution in [1.29, 1.82) is 0 Å². The van der Waals surface area contributed by atoms with Crippen molar-refractivity contribution >= 4 is 13.7 Å². The zero-order chi connectivity index (χ0) is 66.2. The fraction of sp³-hybridized carbons (Fsp3) is 0.841. The third kappa shape index (κ3) is 75.2. The molecule has 0 aromatic heterocycles. The number of nitrogens with one attached hydrogen (secondary N) is 1. The molecule has 1 amide bonds. The van der Waals surface area contributed by atoms with Crippen molar-refractivity contribution in [3.05, 3.63) is 72.9 Å². The van der Waals surface area contributed by atoms with Crippen LogP contribution in [0.2, 0.25) is 0 Å². The molecular weight excluding hydrogens is 1140 g/mol. The van der Waals surface area contributed by atoms with E-state index in [1.807, 2.05) is 27.2 Å². The van der Waals surface area contributed by atoms with Crippen LogP contribution in [0.15, 0.2) is 72.9 Å². The first-order chi connectivity index (χ1) is 44.5. The van der Waals surface area contributed by atoms with Crippen LogP contribution in [0.3, 0.4) is 0 Å². The van der Waals surface area contributed by atoms with E-state index in [-0.39, 0.29) is 19.1 Å². The number of carbonyl (C=O) groups is 1. The van der Waals surface area contributed by atoms with E-state index in [1.54, 1.807) is 6.08 Å². The molecule has 0 aliphatic carbocycles. The fourth-order valence-corrected chi connectivity index (χ4v) is 12.8. The van der Waals surface area contributed by atoms with Gasteiger partial charge in [0.15, 0.2) is 0 Å². The number of amides is 1. The van der Waals surface area contributed by atoms with Gasteiger partial charge in [-0.25, -0.2) is 0 Å². The number of phosphoric acid groups is 1. The Balaban J connectivity index is 3.96. The van der Waals surface area contributed by atoms with Crippen LogP contribution in [-0.4, -0.2) is 68.5 Å². The summed E-state index contributed by atoms with van der Waals surface area (Å²) in [5.74, 6) is -0.190. The van der Waals surface area contributed by atoms with Gasteiger partial charge in [0.25, 0.3) is 7.82 Å². The molecule has 0 aromatic carbocycles. The van der Waals surface area contributed by atoms with E-state index in [2.05, 4.69) is 79.9 Å². The standard InChI is InChI=1S/C82H155N2O6P/c1-6-8-10-12-14-16-18-20-22-24-26-28-30-32-34-36-38-40-41-42-43-44-46-48-50-52-54-56-58-60-62-64-66-68-70-72-74-76-82(86)83-80(79-90-91(87,88)89-78-77-84(3,4)5)81(85)75-73-71-69-67-65-63-61-59-57-55-53-51-49-47-45-39-37-35-33-31-29-27-25-23-21-19-17-15-13-11-9-7-2/h8,10,14,16,20,22,26,28,32,34,73,75,80-81,85H,6-7,9,11-13,15,17-19,21,23-25,27,29-31,33,35-72,74,76-79H2,1-5H3,(H-,83,86,87,88)/b10-8-,16-14-,22-20-,28-26-,34-32-,75-73+. The first-order valence-corrected chi connectivity index (χ1v) is 41.3. The smallest absolute Gasteiger partial charge is 0.268 e. The van der Waals surface area contributed by atoms with Crippen LogP contribution in [-0.2, 0) is 18.4 Å². The highest BCUT2D eigenvalue weighted by Gasteiger charge is 2.23. The molecule has 9 heteroatoms. The molecule has 91 heavy (non-hydrogen) atoms. The topological polar surface area (TPSA) is 108 Å². The maximum absolute atomic E-state index is 13.1. The van der Waals surface area contributed by atoms with Crippen molar-refractivity contribution in [2.75, 3.05) is 40.9 Å². The van der Waals surface area contributed by atoms with E-state index in [9.17, 15) is 19.4 Å². The quantitative estimate of drug-likeness (QED) is 0.0272. The number of rotatable bonds is 74. The van der Waals surface area contributed by atoms with Crippen LogP contribution in [0.4, 0.5) is 0 Å². The molecule has 0 radical (unpaired) electrons. The van der Waals surface area contributed by atoms with E-state index >= 15 is 0 Å². The molecule has 0 saturated heterocycles. The molecule has 2 N–H and O–H groups in total. The van der Waals surface area contributed by atoms with Gasteiger partial charge in [0, 0.05) is 6.42 Å². The van der Waals surface area contributed by atoms with E-state index in [0.717, 1.165) is 70.6 Å². The van der Waals surface area contributed by atoms with Crippen LogP contribution < -0.4 is 10.2 Å². The molecule has 8 nitrogen and oxygen atoms in total. The van der Waals surface area contributed by atoms with Gasteiger partial charge < -0.3 is 28.8 Å². The molecule has 0 bridgehead atoms. The highest BCUT2D eigenvalue weighted by Crippen LogP contribution is 2.38. The number of aliphatic hydroxyl groups excluding tert-OH is 1. The number of nitrogens with zero attached hydrogens (tertiary/aromatic N) is 1. The molecule has 0 aliphatic heterocycles. The summed E-state index contributed by atoms with van der Waals surface area (Å²) < 4.78 is 23.5. The van der Waals surface area contributed by atoms with Gasteiger partial charge in [0.1, 0.15) is 13.2 Å². The van der Waals surface area contributed by atoms with Crippen molar-refractivity contribution in [3.8, 4) is 0 Å². The fourth-order valence-electron chi connectivity index (χ4n) is 12.1. The molecule has 3 unspecified atom stereocenters. The third-order valence-corrected chi connectivity index (χ3v) is 19.1. The largest absolute Gasteiger partial charge is 0.756 e. The molecule has 0 saturated carbocycles. The van der Waals surface area contributed by atoms with Crippen LogP contribution >= 0.6 is 7.82 Å². The Labute approximate surface area is 567 Å². The van der Waals surface area contributed by atoms with Gasteiger partial charge in [-0.05, 0) is 64.2 Å². The average Bonchev–Trinajstić information content (AvgIpc) is 3.42. The summed E-state index contributed by atoms with van der Waals surface area (Å²) in [4.78, 5) is 25.7. The van der Waals surface area contributed by atoms with Crippen LogP contribution in [0.25, 0.3) is 0 Å². The highest BCUT2D eigenvalue weighted by molar-refractivity contribution is 7.45. The summed E-state index contributed by atoms with van der Waals surface area (Å²) in [7, 11) is 1.28. The van der Waals surface area contributed by atoms with Gasteiger partial charge in [-0.2, -0.15) is 0 Å². The molecule has 0 fully saturated rings. The Hall–Kier alpha value is -2.06. The highest BCUT2D eigenvalue weighted by atomic mass is 31.2. The first kappa shape index (κ1) is 88.9. The molecular formula is C82H155N2O6P. The summed E-state index contributed by atoms with van der Waals surface area (Å²) in [6, 6.07) is -0.890. The molecule has 0 rings (SSSR count).